The zero-order valence-electron chi connectivity index (χ0n) is 13.1. The van der Waals surface area contributed by atoms with Gasteiger partial charge in [0.05, 0.1) is 5.56 Å². The fraction of sp³-hybridized carbons (Fsp3) is 0.500. The van der Waals surface area contributed by atoms with Crippen molar-refractivity contribution in [1.82, 2.24) is 10.2 Å². The molecule has 1 fully saturated rings. The maximum Gasteiger partial charge on any atom is 0.416 e. The Bertz CT molecular complexity index is 517. The van der Waals surface area contributed by atoms with Crippen LogP contribution in [-0.4, -0.2) is 31.1 Å². The molecule has 1 atom stereocenters. The van der Waals surface area contributed by atoms with E-state index < -0.39 is 23.6 Å². The Morgan fingerprint density at radius 3 is 2.38 bits per heavy atom. The first kappa shape index (κ1) is 23.2. The van der Waals surface area contributed by atoms with Gasteiger partial charge in [-0.1, -0.05) is 12.1 Å². The van der Waals surface area contributed by atoms with E-state index in [1.54, 1.807) is 6.08 Å². The second kappa shape index (κ2) is 10.2. The van der Waals surface area contributed by atoms with Crippen molar-refractivity contribution in [2.24, 2.45) is 0 Å². The average Bonchev–Trinajstić information content (AvgIpc) is 2.49. The Morgan fingerprint density at radius 1 is 1.21 bits per heavy atom. The second-order valence-corrected chi connectivity index (χ2v) is 5.37. The summed E-state index contributed by atoms with van der Waals surface area (Å²) in [6.07, 6.45) is -1.94. The van der Waals surface area contributed by atoms with Crippen LogP contribution in [-0.2, 0) is 6.18 Å². The quantitative estimate of drug-likeness (QED) is 0.585. The molecular weight excluding hydrogens is 367 g/mol. The van der Waals surface area contributed by atoms with Gasteiger partial charge in [-0.2, -0.15) is 13.2 Å². The van der Waals surface area contributed by atoms with E-state index >= 15 is 0 Å². The van der Waals surface area contributed by atoms with Crippen molar-refractivity contribution in [3.63, 3.8) is 0 Å². The summed E-state index contributed by atoms with van der Waals surface area (Å²) in [5.74, 6) is -0.789. The first-order valence-electron chi connectivity index (χ1n) is 7.36. The Kier molecular flexibility index (Phi) is 9.88. The second-order valence-electron chi connectivity index (χ2n) is 5.37. The number of piperazine rings is 1. The van der Waals surface area contributed by atoms with Crippen LogP contribution in [0.15, 0.2) is 30.9 Å². The lowest BCUT2D eigenvalue weighted by atomic mass is 9.94. The number of nitrogens with zero attached hydrogens (tertiary/aromatic N) is 1. The van der Waals surface area contributed by atoms with Crippen molar-refractivity contribution < 1.29 is 17.6 Å². The molecule has 0 saturated carbocycles. The molecule has 0 spiro atoms. The van der Waals surface area contributed by atoms with Gasteiger partial charge in [0, 0.05) is 37.8 Å². The fourth-order valence-electron chi connectivity index (χ4n) is 2.90. The highest BCUT2D eigenvalue weighted by molar-refractivity contribution is 5.85. The topological polar surface area (TPSA) is 15.3 Å². The minimum atomic E-state index is -4.56. The first-order chi connectivity index (χ1) is 10.4. The van der Waals surface area contributed by atoms with Crippen LogP contribution in [0.25, 0.3) is 0 Å². The van der Waals surface area contributed by atoms with E-state index in [9.17, 15) is 17.6 Å². The molecular formula is C16H22Cl2F4N2. The number of alkyl halides is 3. The van der Waals surface area contributed by atoms with Crippen molar-refractivity contribution in [2.45, 2.75) is 25.1 Å². The van der Waals surface area contributed by atoms with Crippen molar-refractivity contribution in [2.75, 3.05) is 26.2 Å². The Labute approximate surface area is 152 Å². The van der Waals surface area contributed by atoms with Gasteiger partial charge < -0.3 is 5.32 Å². The standard InChI is InChI=1S/C16H20F4N2.2ClH/c1-2-3-7-14(22-10-8-21-9-11-22)15-12(16(18,19)20)5-4-6-13(15)17;;/h2,4-6,14,21H,1,3,7-11H2;2*1H/t14-;;/m1../s1. The van der Waals surface area contributed by atoms with Crippen LogP contribution in [0.4, 0.5) is 17.6 Å². The zero-order valence-corrected chi connectivity index (χ0v) is 14.7. The van der Waals surface area contributed by atoms with Crippen LogP contribution in [0.5, 0.6) is 0 Å². The van der Waals surface area contributed by atoms with E-state index in [1.165, 1.54) is 0 Å². The molecule has 1 heterocycles. The fourth-order valence-corrected chi connectivity index (χ4v) is 2.90. The molecule has 2 nitrogen and oxygen atoms in total. The van der Waals surface area contributed by atoms with Crippen LogP contribution in [0.2, 0.25) is 0 Å². The van der Waals surface area contributed by atoms with Gasteiger partial charge in [0.1, 0.15) is 5.82 Å². The predicted octanol–water partition coefficient (Wildman–Crippen LogP) is 4.60. The maximum absolute atomic E-state index is 14.2. The summed E-state index contributed by atoms with van der Waals surface area (Å²) >= 11 is 0. The van der Waals surface area contributed by atoms with Crippen LogP contribution in [0, 0.1) is 5.82 Å². The highest BCUT2D eigenvalue weighted by Crippen LogP contribution is 2.39. The Balaban J connectivity index is 0.00000264. The number of allylic oxidation sites excluding steroid dienone is 1. The predicted molar refractivity (Wildman–Crippen MR) is 92.5 cm³/mol. The summed E-state index contributed by atoms with van der Waals surface area (Å²) in [6, 6.07) is 2.59. The Hall–Kier alpha value is -0.820. The van der Waals surface area contributed by atoms with Crippen molar-refractivity contribution >= 4 is 24.8 Å². The third-order valence-corrected chi connectivity index (χ3v) is 3.93. The highest BCUT2D eigenvalue weighted by Gasteiger charge is 2.38. The van der Waals surface area contributed by atoms with Crippen LogP contribution >= 0.6 is 24.8 Å². The van der Waals surface area contributed by atoms with Gasteiger partial charge in [-0.05, 0) is 25.0 Å². The lowest BCUT2D eigenvalue weighted by molar-refractivity contribution is -0.139. The number of nitrogens with one attached hydrogen (secondary N) is 1. The lowest BCUT2D eigenvalue weighted by Gasteiger charge is -2.36. The van der Waals surface area contributed by atoms with Crippen molar-refractivity contribution in [3.05, 3.63) is 47.8 Å². The summed E-state index contributed by atoms with van der Waals surface area (Å²) in [4.78, 5) is 1.92. The molecule has 0 amide bonds. The SMILES string of the molecule is C=CCC[C@H](c1c(F)cccc1C(F)(F)F)N1CCNCC1.Cl.Cl. The van der Waals surface area contributed by atoms with Gasteiger partial charge in [0.2, 0.25) is 0 Å². The molecule has 1 aliphatic rings. The van der Waals surface area contributed by atoms with Crippen molar-refractivity contribution in [3.8, 4) is 0 Å². The number of hydrogen-bond acceptors (Lipinski definition) is 2. The third kappa shape index (κ3) is 5.62. The molecule has 2 rings (SSSR count). The van der Waals surface area contributed by atoms with E-state index in [-0.39, 0.29) is 30.4 Å². The van der Waals surface area contributed by atoms with Gasteiger partial charge in [0.15, 0.2) is 0 Å². The molecule has 1 aromatic carbocycles. The molecule has 138 valence electrons. The summed E-state index contributed by atoms with van der Waals surface area (Å²) in [7, 11) is 0. The van der Waals surface area contributed by atoms with Crippen molar-refractivity contribution in [1.29, 1.82) is 0 Å². The highest BCUT2D eigenvalue weighted by atomic mass is 35.5. The minimum absolute atomic E-state index is 0. The third-order valence-electron chi connectivity index (χ3n) is 3.93. The summed E-state index contributed by atoms with van der Waals surface area (Å²) in [6.45, 7) is 6.22. The number of hydrogen-bond donors (Lipinski definition) is 1. The van der Waals surface area contributed by atoms with Crippen LogP contribution < -0.4 is 5.32 Å². The molecule has 1 N–H and O–H groups in total. The molecule has 0 bridgehead atoms. The van der Waals surface area contributed by atoms with E-state index in [0.717, 1.165) is 18.2 Å². The molecule has 8 heteroatoms. The summed E-state index contributed by atoms with van der Waals surface area (Å²) in [5.41, 5.74) is -1.11. The van der Waals surface area contributed by atoms with Gasteiger partial charge in [-0.25, -0.2) is 4.39 Å². The lowest BCUT2D eigenvalue weighted by Crippen LogP contribution is -2.45. The maximum atomic E-state index is 14.2. The van der Waals surface area contributed by atoms with Gasteiger partial charge in [0.25, 0.3) is 0 Å². The smallest absolute Gasteiger partial charge is 0.314 e. The molecule has 1 aromatic rings. The zero-order chi connectivity index (χ0) is 16.2. The van der Waals surface area contributed by atoms with Gasteiger partial charge in [-0.3, -0.25) is 4.90 Å². The monoisotopic (exact) mass is 388 g/mol. The Morgan fingerprint density at radius 2 is 1.83 bits per heavy atom. The van der Waals surface area contributed by atoms with E-state index in [0.29, 0.717) is 39.0 Å². The average molecular weight is 389 g/mol. The largest absolute Gasteiger partial charge is 0.416 e. The number of benzene rings is 1. The number of halogens is 6. The molecule has 0 unspecified atom stereocenters. The molecule has 1 saturated heterocycles. The summed E-state index contributed by atoms with van der Waals surface area (Å²) < 4.78 is 54.0. The molecule has 0 aromatic heterocycles. The van der Waals surface area contributed by atoms with Gasteiger partial charge >= 0.3 is 6.18 Å². The molecule has 0 aliphatic carbocycles. The molecule has 0 radical (unpaired) electrons. The van der Waals surface area contributed by atoms with E-state index in [1.807, 2.05) is 4.90 Å². The normalized spacial score (nSPS) is 16.7. The van der Waals surface area contributed by atoms with Crippen LogP contribution in [0.1, 0.15) is 30.0 Å². The number of rotatable bonds is 5. The summed E-state index contributed by atoms with van der Waals surface area (Å²) in [5, 5.41) is 3.16. The minimum Gasteiger partial charge on any atom is -0.314 e. The molecule has 1 aliphatic heterocycles. The van der Waals surface area contributed by atoms with E-state index in [4.69, 9.17) is 0 Å². The van der Waals surface area contributed by atoms with E-state index in [2.05, 4.69) is 11.9 Å². The first-order valence-corrected chi connectivity index (χ1v) is 7.36. The molecule has 24 heavy (non-hydrogen) atoms. The van der Waals surface area contributed by atoms with Gasteiger partial charge in [-0.15, -0.1) is 31.4 Å². The van der Waals surface area contributed by atoms with Crippen LogP contribution in [0.3, 0.4) is 0 Å².